The molecule has 0 aromatic carbocycles. The Hall–Kier alpha value is -0.725. The highest BCUT2D eigenvalue weighted by atomic mass is 15.1. The van der Waals surface area contributed by atoms with Crippen molar-refractivity contribution in [1.29, 1.82) is 0 Å². The van der Waals surface area contributed by atoms with Gasteiger partial charge >= 0.3 is 0 Å². The molecule has 1 aromatic rings. The fraction of sp³-hybridized carbons (Fsp3) is 0.500. The third kappa shape index (κ3) is 0.764. The van der Waals surface area contributed by atoms with E-state index in [1.807, 2.05) is 0 Å². The van der Waals surface area contributed by atoms with Gasteiger partial charge in [0.1, 0.15) is 7.85 Å². The Labute approximate surface area is 55.1 Å². The summed E-state index contributed by atoms with van der Waals surface area (Å²) in [5.74, 6) is 0.687. The molecule has 1 aliphatic rings. The minimum absolute atomic E-state index is 0.687. The Morgan fingerprint density at radius 1 is 1.67 bits per heavy atom. The molecule has 44 valence electrons. The second-order valence-electron chi connectivity index (χ2n) is 2.51. The van der Waals surface area contributed by atoms with Crippen LogP contribution in [0.5, 0.6) is 0 Å². The summed E-state index contributed by atoms with van der Waals surface area (Å²) in [6.45, 7) is 0. The van der Waals surface area contributed by atoms with Gasteiger partial charge in [0.15, 0.2) is 0 Å². The number of H-pyrrole nitrogens is 1. The fourth-order valence-corrected chi connectivity index (χ4v) is 1.00. The predicted molar refractivity (Wildman–Crippen MR) is 36.0 cm³/mol. The molecular formula is C6H7BN2. The van der Waals surface area contributed by atoms with E-state index in [1.54, 1.807) is 6.20 Å². The number of hydrogen-bond acceptors (Lipinski definition) is 1. The maximum absolute atomic E-state index is 5.59. The van der Waals surface area contributed by atoms with Gasteiger partial charge in [-0.05, 0) is 12.8 Å². The van der Waals surface area contributed by atoms with Crippen molar-refractivity contribution in [3.05, 3.63) is 11.9 Å². The van der Waals surface area contributed by atoms with Gasteiger partial charge < -0.3 is 0 Å². The summed E-state index contributed by atoms with van der Waals surface area (Å²) in [5, 5.41) is 6.73. The van der Waals surface area contributed by atoms with Crippen molar-refractivity contribution in [3.8, 4) is 0 Å². The Bertz CT molecular complexity index is 215. The molecule has 2 nitrogen and oxygen atoms in total. The molecule has 1 saturated carbocycles. The van der Waals surface area contributed by atoms with E-state index < -0.39 is 0 Å². The van der Waals surface area contributed by atoms with Gasteiger partial charge in [0.2, 0.25) is 0 Å². The average molecular weight is 118 g/mol. The predicted octanol–water partition coefficient (Wildman–Crippen LogP) is 0.0809. The van der Waals surface area contributed by atoms with Gasteiger partial charge in [-0.15, -0.1) is 0 Å². The first-order valence-electron chi connectivity index (χ1n) is 3.16. The van der Waals surface area contributed by atoms with Crippen LogP contribution < -0.4 is 5.46 Å². The molecule has 2 rings (SSSR count). The second-order valence-corrected chi connectivity index (χ2v) is 2.51. The smallest absolute Gasteiger partial charge is 0.118 e. The number of nitrogens with zero attached hydrogens (tertiary/aromatic N) is 1. The lowest BCUT2D eigenvalue weighted by Gasteiger charge is -1.90. The Morgan fingerprint density at radius 3 is 2.89 bits per heavy atom. The number of nitrogens with one attached hydrogen (secondary N) is 1. The zero-order valence-corrected chi connectivity index (χ0v) is 5.09. The van der Waals surface area contributed by atoms with Crippen LogP contribution in [0.1, 0.15) is 24.5 Å². The standard InChI is InChI=1S/C6H7BN2/c7-5-3-8-9-6(5)4-1-2-4/h3-4H,1-2H2,(H,8,9). The van der Waals surface area contributed by atoms with Crippen LogP contribution in [0.15, 0.2) is 6.20 Å². The average Bonchev–Trinajstić information content (AvgIpc) is 2.58. The third-order valence-electron chi connectivity index (χ3n) is 1.69. The van der Waals surface area contributed by atoms with Crippen LogP contribution in [0.4, 0.5) is 0 Å². The van der Waals surface area contributed by atoms with E-state index >= 15 is 0 Å². The fourth-order valence-electron chi connectivity index (χ4n) is 1.00. The summed E-state index contributed by atoms with van der Waals surface area (Å²) in [5.41, 5.74) is 1.95. The molecule has 1 aromatic heterocycles. The van der Waals surface area contributed by atoms with Gasteiger partial charge in [-0.25, -0.2) is 0 Å². The molecule has 3 heteroatoms. The van der Waals surface area contributed by atoms with Crippen molar-refractivity contribution in [2.75, 3.05) is 0 Å². The molecule has 1 heterocycles. The number of hydrogen-bond donors (Lipinski definition) is 1. The second kappa shape index (κ2) is 1.63. The third-order valence-corrected chi connectivity index (χ3v) is 1.69. The Balaban J connectivity index is 2.35. The minimum atomic E-state index is 0.687. The first-order chi connectivity index (χ1) is 4.38. The van der Waals surface area contributed by atoms with Gasteiger partial charge in [-0.2, -0.15) is 5.10 Å². The molecule has 0 spiro atoms. The number of aromatic nitrogens is 2. The van der Waals surface area contributed by atoms with E-state index in [0.29, 0.717) is 5.92 Å². The normalized spacial score (nSPS) is 18.2. The lowest BCUT2D eigenvalue weighted by atomic mass is 9.95. The molecule has 1 fully saturated rings. The van der Waals surface area contributed by atoms with Crippen LogP contribution in [0.3, 0.4) is 0 Å². The molecular weight excluding hydrogens is 111 g/mol. The molecule has 0 amide bonds. The molecule has 0 aliphatic heterocycles. The van der Waals surface area contributed by atoms with Crippen LogP contribution in [0, 0.1) is 0 Å². The molecule has 0 bridgehead atoms. The molecule has 0 unspecified atom stereocenters. The summed E-state index contributed by atoms with van der Waals surface area (Å²) in [6.07, 6.45) is 4.21. The van der Waals surface area contributed by atoms with Gasteiger partial charge in [-0.1, -0.05) is 5.46 Å². The van der Waals surface area contributed by atoms with Crippen molar-refractivity contribution in [2.24, 2.45) is 0 Å². The maximum Gasteiger partial charge on any atom is 0.118 e. The van der Waals surface area contributed by atoms with Crippen LogP contribution in [0.2, 0.25) is 0 Å². The summed E-state index contributed by atoms with van der Waals surface area (Å²) in [7, 11) is 5.59. The summed E-state index contributed by atoms with van der Waals surface area (Å²) < 4.78 is 0. The first-order valence-corrected chi connectivity index (χ1v) is 3.16. The van der Waals surface area contributed by atoms with Crippen molar-refractivity contribution in [1.82, 2.24) is 10.2 Å². The zero-order chi connectivity index (χ0) is 6.27. The highest BCUT2D eigenvalue weighted by Crippen LogP contribution is 2.37. The molecule has 0 saturated heterocycles. The summed E-state index contributed by atoms with van der Waals surface area (Å²) >= 11 is 0. The van der Waals surface area contributed by atoms with E-state index in [-0.39, 0.29) is 0 Å². The maximum atomic E-state index is 5.59. The lowest BCUT2D eigenvalue weighted by molar-refractivity contribution is 0.969. The largest absolute Gasteiger partial charge is 0.283 e. The van der Waals surface area contributed by atoms with E-state index in [4.69, 9.17) is 7.85 Å². The highest BCUT2D eigenvalue weighted by molar-refractivity contribution is 6.33. The lowest BCUT2D eigenvalue weighted by Crippen LogP contribution is -2.04. The number of rotatable bonds is 1. The Morgan fingerprint density at radius 2 is 2.44 bits per heavy atom. The molecule has 9 heavy (non-hydrogen) atoms. The number of aromatic amines is 1. The molecule has 1 N–H and O–H groups in total. The van der Waals surface area contributed by atoms with E-state index in [2.05, 4.69) is 10.2 Å². The topological polar surface area (TPSA) is 28.7 Å². The van der Waals surface area contributed by atoms with Crippen LogP contribution in [-0.4, -0.2) is 18.0 Å². The molecule has 2 radical (unpaired) electrons. The SMILES string of the molecule is [B]c1cn[nH]c1C1CC1. The summed E-state index contributed by atoms with van der Waals surface area (Å²) in [4.78, 5) is 0. The van der Waals surface area contributed by atoms with Crippen molar-refractivity contribution in [2.45, 2.75) is 18.8 Å². The van der Waals surface area contributed by atoms with Gasteiger partial charge in [0.05, 0.1) is 0 Å². The highest BCUT2D eigenvalue weighted by Gasteiger charge is 2.25. The van der Waals surface area contributed by atoms with Crippen LogP contribution in [0.25, 0.3) is 0 Å². The van der Waals surface area contributed by atoms with E-state index in [1.165, 1.54) is 12.8 Å². The molecule has 0 atom stereocenters. The van der Waals surface area contributed by atoms with Crippen LogP contribution >= 0.6 is 0 Å². The quantitative estimate of drug-likeness (QED) is 0.519. The summed E-state index contributed by atoms with van der Waals surface area (Å²) in [6, 6.07) is 0. The van der Waals surface area contributed by atoms with Gasteiger partial charge in [0, 0.05) is 17.8 Å². The first kappa shape index (κ1) is 5.09. The van der Waals surface area contributed by atoms with Gasteiger partial charge in [0.25, 0.3) is 0 Å². The monoisotopic (exact) mass is 118 g/mol. The zero-order valence-electron chi connectivity index (χ0n) is 5.09. The minimum Gasteiger partial charge on any atom is -0.283 e. The van der Waals surface area contributed by atoms with Gasteiger partial charge in [-0.3, -0.25) is 5.10 Å². The van der Waals surface area contributed by atoms with Crippen molar-refractivity contribution in [3.63, 3.8) is 0 Å². The Kier molecular flexibility index (Phi) is 0.919. The van der Waals surface area contributed by atoms with E-state index in [0.717, 1.165) is 11.2 Å². The molecule has 1 aliphatic carbocycles. The van der Waals surface area contributed by atoms with Crippen molar-refractivity contribution >= 4 is 13.3 Å². The van der Waals surface area contributed by atoms with Crippen LogP contribution in [-0.2, 0) is 0 Å². The van der Waals surface area contributed by atoms with Crippen molar-refractivity contribution < 1.29 is 0 Å². The van der Waals surface area contributed by atoms with E-state index in [9.17, 15) is 0 Å².